The van der Waals surface area contributed by atoms with Crippen LogP contribution < -0.4 is 5.32 Å². The monoisotopic (exact) mass is 251 g/mol. The summed E-state index contributed by atoms with van der Waals surface area (Å²) < 4.78 is 13.0. The molecule has 1 saturated heterocycles. The summed E-state index contributed by atoms with van der Waals surface area (Å²) in [7, 11) is 0. The second-order valence-electron chi connectivity index (χ2n) is 4.08. The average Bonchev–Trinajstić information content (AvgIpc) is 2.37. The first-order chi connectivity index (χ1) is 8.63. The zero-order valence-corrected chi connectivity index (χ0v) is 10.0. The SMILES string of the molecule is CCC1C(=O)NCCN1C(=O)c1ccnc(F)c1. The van der Waals surface area contributed by atoms with E-state index in [1.165, 1.54) is 17.2 Å². The molecule has 1 fully saturated rings. The molecule has 0 aliphatic carbocycles. The third kappa shape index (κ3) is 2.32. The summed E-state index contributed by atoms with van der Waals surface area (Å²) in [6.45, 7) is 2.70. The maximum Gasteiger partial charge on any atom is 0.254 e. The van der Waals surface area contributed by atoms with E-state index in [-0.39, 0.29) is 17.4 Å². The van der Waals surface area contributed by atoms with Crippen LogP contribution >= 0.6 is 0 Å². The summed E-state index contributed by atoms with van der Waals surface area (Å²) in [5.41, 5.74) is 0.218. The topological polar surface area (TPSA) is 62.3 Å². The summed E-state index contributed by atoms with van der Waals surface area (Å²) >= 11 is 0. The maximum absolute atomic E-state index is 13.0. The highest BCUT2D eigenvalue weighted by molar-refractivity contribution is 5.98. The van der Waals surface area contributed by atoms with Gasteiger partial charge in [-0.3, -0.25) is 9.59 Å². The lowest BCUT2D eigenvalue weighted by molar-refractivity contribution is -0.127. The number of rotatable bonds is 2. The Morgan fingerprint density at radius 3 is 3.11 bits per heavy atom. The van der Waals surface area contributed by atoms with E-state index in [4.69, 9.17) is 0 Å². The van der Waals surface area contributed by atoms with Crippen molar-refractivity contribution in [3.05, 3.63) is 29.8 Å². The molecule has 1 aliphatic rings. The molecule has 0 aromatic carbocycles. The molecule has 1 unspecified atom stereocenters. The molecule has 1 aromatic heterocycles. The normalized spacial score (nSPS) is 19.6. The van der Waals surface area contributed by atoms with Crippen LogP contribution in [0.5, 0.6) is 0 Å². The van der Waals surface area contributed by atoms with Gasteiger partial charge < -0.3 is 10.2 Å². The molecular weight excluding hydrogens is 237 g/mol. The summed E-state index contributed by atoms with van der Waals surface area (Å²) in [4.78, 5) is 28.7. The van der Waals surface area contributed by atoms with Gasteiger partial charge in [-0.1, -0.05) is 6.92 Å². The van der Waals surface area contributed by atoms with Crippen LogP contribution in [-0.4, -0.2) is 40.8 Å². The number of nitrogens with zero attached hydrogens (tertiary/aromatic N) is 2. The Balaban J connectivity index is 2.24. The predicted molar refractivity (Wildman–Crippen MR) is 62.3 cm³/mol. The molecule has 0 bridgehead atoms. The second-order valence-corrected chi connectivity index (χ2v) is 4.08. The standard InChI is InChI=1S/C12H14FN3O2/c1-2-9-11(17)15-5-6-16(9)12(18)8-3-4-14-10(13)7-8/h3-4,7,9H,2,5-6H2,1H3,(H,15,17). The Bertz CT molecular complexity index is 478. The van der Waals surface area contributed by atoms with Gasteiger partial charge >= 0.3 is 0 Å². The Hall–Kier alpha value is -1.98. The van der Waals surface area contributed by atoms with Gasteiger partial charge in [0, 0.05) is 30.9 Å². The van der Waals surface area contributed by atoms with Crippen LogP contribution in [0.25, 0.3) is 0 Å². The van der Waals surface area contributed by atoms with Gasteiger partial charge in [-0.05, 0) is 12.5 Å². The lowest BCUT2D eigenvalue weighted by Crippen LogP contribution is -2.56. The second kappa shape index (κ2) is 5.12. The predicted octanol–water partition coefficient (Wildman–Crippen LogP) is 0.571. The van der Waals surface area contributed by atoms with Crippen molar-refractivity contribution in [1.29, 1.82) is 0 Å². The Morgan fingerprint density at radius 2 is 2.44 bits per heavy atom. The van der Waals surface area contributed by atoms with Crippen LogP contribution in [0.2, 0.25) is 0 Å². The van der Waals surface area contributed by atoms with Gasteiger partial charge in [0.05, 0.1) is 0 Å². The lowest BCUT2D eigenvalue weighted by atomic mass is 10.1. The molecule has 2 rings (SSSR count). The first-order valence-electron chi connectivity index (χ1n) is 5.83. The van der Waals surface area contributed by atoms with Crippen molar-refractivity contribution in [2.75, 3.05) is 13.1 Å². The molecule has 18 heavy (non-hydrogen) atoms. The van der Waals surface area contributed by atoms with Gasteiger partial charge in [0.1, 0.15) is 6.04 Å². The molecular formula is C12H14FN3O2. The molecule has 1 N–H and O–H groups in total. The fourth-order valence-electron chi connectivity index (χ4n) is 2.06. The van der Waals surface area contributed by atoms with Crippen molar-refractivity contribution >= 4 is 11.8 Å². The number of aromatic nitrogens is 1. The number of piperazine rings is 1. The number of nitrogens with one attached hydrogen (secondary N) is 1. The van der Waals surface area contributed by atoms with Crippen molar-refractivity contribution < 1.29 is 14.0 Å². The van der Waals surface area contributed by atoms with Gasteiger partial charge in [0.25, 0.3) is 5.91 Å². The van der Waals surface area contributed by atoms with E-state index < -0.39 is 12.0 Å². The third-order valence-corrected chi connectivity index (χ3v) is 2.95. The van der Waals surface area contributed by atoms with Gasteiger partial charge in [-0.15, -0.1) is 0 Å². The average molecular weight is 251 g/mol. The van der Waals surface area contributed by atoms with Crippen molar-refractivity contribution in [1.82, 2.24) is 15.2 Å². The Labute approximate surface area is 104 Å². The fourth-order valence-corrected chi connectivity index (χ4v) is 2.06. The number of pyridine rings is 1. The molecule has 1 aromatic rings. The van der Waals surface area contributed by atoms with Crippen molar-refractivity contribution in [3.8, 4) is 0 Å². The first kappa shape index (κ1) is 12.5. The number of hydrogen-bond donors (Lipinski definition) is 1. The number of hydrogen-bond acceptors (Lipinski definition) is 3. The van der Waals surface area contributed by atoms with E-state index in [1.54, 1.807) is 0 Å². The quantitative estimate of drug-likeness (QED) is 0.782. The molecule has 2 amide bonds. The zero-order chi connectivity index (χ0) is 13.1. The van der Waals surface area contributed by atoms with E-state index in [9.17, 15) is 14.0 Å². The fraction of sp³-hybridized carbons (Fsp3) is 0.417. The van der Waals surface area contributed by atoms with Crippen LogP contribution in [0.3, 0.4) is 0 Å². The van der Waals surface area contributed by atoms with Crippen LogP contribution in [0.1, 0.15) is 23.7 Å². The minimum Gasteiger partial charge on any atom is -0.353 e. The van der Waals surface area contributed by atoms with Crippen LogP contribution in [0.15, 0.2) is 18.3 Å². The largest absolute Gasteiger partial charge is 0.353 e. The molecule has 96 valence electrons. The minimum atomic E-state index is -0.699. The molecule has 0 saturated carbocycles. The van der Waals surface area contributed by atoms with Crippen LogP contribution in [0, 0.1) is 5.95 Å². The molecule has 5 nitrogen and oxygen atoms in total. The van der Waals surface area contributed by atoms with Gasteiger partial charge in [0.15, 0.2) is 0 Å². The Kier molecular flexibility index (Phi) is 3.55. The van der Waals surface area contributed by atoms with Crippen LogP contribution in [-0.2, 0) is 4.79 Å². The highest BCUT2D eigenvalue weighted by atomic mass is 19.1. The van der Waals surface area contributed by atoms with Crippen molar-refractivity contribution in [2.24, 2.45) is 0 Å². The summed E-state index contributed by atoms with van der Waals surface area (Å²) in [5, 5.41) is 2.71. The molecule has 1 aliphatic heterocycles. The molecule has 2 heterocycles. The minimum absolute atomic E-state index is 0.161. The first-order valence-corrected chi connectivity index (χ1v) is 5.83. The molecule has 0 spiro atoms. The van der Waals surface area contributed by atoms with E-state index >= 15 is 0 Å². The van der Waals surface area contributed by atoms with Gasteiger partial charge in [-0.25, -0.2) is 4.98 Å². The number of carbonyl (C=O) groups excluding carboxylic acids is 2. The molecule has 6 heteroatoms. The number of amides is 2. The van der Waals surface area contributed by atoms with E-state index in [2.05, 4.69) is 10.3 Å². The summed E-state index contributed by atoms with van der Waals surface area (Å²) in [5.74, 6) is -1.19. The van der Waals surface area contributed by atoms with E-state index in [0.717, 1.165) is 6.07 Å². The van der Waals surface area contributed by atoms with Gasteiger partial charge in [0.2, 0.25) is 11.9 Å². The maximum atomic E-state index is 13.0. The van der Waals surface area contributed by atoms with Crippen molar-refractivity contribution in [3.63, 3.8) is 0 Å². The summed E-state index contributed by atoms with van der Waals surface area (Å²) in [6, 6.07) is 2.05. The van der Waals surface area contributed by atoms with Crippen molar-refractivity contribution in [2.45, 2.75) is 19.4 Å². The number of halogens is 1. The lowest BCUT2D eigenvalue weighted by Gasteiger charge is -2.34. The number of carbonyl (C=O) groups is 2. The Morgan fingerprint density at radius 1 is 1.67 bits per heavy atom. The molecule has 1 atom stereocenters. The smallest absolute Gasteiger partial charge is 0.254 e. The summed E-state index contributed by atoms with van der Waals surface area (Å²) in [6.07, 6.45) is 1.78. The molecule has 0 radical (unpaired) electrons. The van der Waals surface area contributed by atoms with E-state index in [0.29, 0.717) is 19.5 Å². The third-order valence-electron chi connectivity index (χ3n) is 2.95. The highest BCUT2D eigenvalue weighted by Crippen LogP contribution is 2.13. The van der Waals surface area contributed by atoms with Gasteiger partial charge in [-0.2, -0.15) is 4.39 Å². The van der Waals surface area contributed by atoms with Crippen LogP contribution in [0.4, 0.5) is 4.39 Å². The van der Waals surface area contributed by atoms with E-state index in [1.807, 2.05) is 6.92 Å². The highest BCUT2D eigenvalue weighted by Gasteiger charge is 2.32. The zero-order valence-electron chi connectivity index (χ0n) is 10.0.